The van der Waals surface area contributed by atoms with Crippen LogP contribution in [0.5, 0.6) is 0 Å². The van der Waals surface area contributed by atoms with Crippen LogP contribution in [0.1, 0.15) is 25.3 Å². The van der Waals surface area contributed by atoms with Gasteiger partial charge >= 0.3 is 0 Å². The molecule has 0 saturated carbocycles. The van der Waals surface area contributed by atoms with E-state index in [1.165, 1.54) is 12.1 Å². The van der Waals surface area contributed by atoms with Crippen molar-refractivity contribution in [3.63, 3.8) is 0 Å². The van der Waals surface area contributed by atoms with Crippen LogP contribution in [-0.2, 0) is 11.2 Å². The maximum atomic E-state index is 12.8. The highest BCUT2D eigenvalue weighted by Gasteiger charge is 2.30. The number of carbonyl (C=O) groups excluding carboxylic acids is 1. The summed E-state index contributed by atoms with van der Waals surface area (Å²) in [4.78, 5) is 14.2. The number of carbonyl (C=O) groups is 1. The van der Waals surface area contributed by atoms with Gasteiger partial charge in [-0.25, -0.2) is 4.39 Å². The van der Waals surface area contributed by atoms with E-state index in [1.807, 2.05) is 4.90 Å². The number of halogens is 1. The monoisotopic (exact) mass is 264 g/mol. The van der Waals surface area contributed by atoms with Gasteiger partial charge in [-0.1, -0.05) is 19.1 Å². The molecule has 4 heteroatoms. The lowest BCUT2D eigenvalue weighted by atomic mass is 9.90. The Morgan fingerprint density at radius 1 is 1.42 bits per heavy atom. The predicted molar refractivity (Wildman–Crippen MR) is 73.1 cm³/mol. The van der Waals surface area contributed by atoms with Gasteiger partial charge in [-0.3, -0.25) is 4.79 Å². The number of hydrogen-bond acceptors (Lipinski definition) is 2. The average Bonchev–Trinajstić information content (AvgIpc) is 2.41. The topological polar surface area (TPSA) is 46.3 Å². The van der Waals surface area contributed by atoms with Gasteiger partial charge in [0, 0.05) is 19.1 Å². The third-order valence-corrected chi connectivity index (χ3v) is 3.95. The lowest BCUT2D eigenvalue weighted by Gasteiger charge is -2.39. The maximum Gasteiger partial charge on any atom is 0.227 e. The van der Waals surface area contributed by atoms with Crippen LogP contribution < -0.4 is 5.73 Å². The zero-order valence-electron chi connectivity index (χ0n) is 11.3. The summed E-state index contributed by atoms with van der Waals surface area (Å²) in [5, 5.41) is 0. The summed E-state index contributed by atoms with van der Waals surface area (Å²) in [6, 6.07) is 6.25. The van der Waals surface area contributed by atoms with Crippen LogP contribution in [0, 0.1) is 11.7 Å². The van der Waals surface area contributed by atoms with Crippen LogP contribution in [0.15, 0.2) is 24.3 Å². The van der Waals surface area contributed by atoms with Crippen LogP contribution in [0.25, 0.3) is 0 Å². The van der Waals surface area contributed by atoms with Gasteiger partial charge in [0.2, 0.25) is 5.91 Å². The molecular formula is C15H21FN2O. The van der Waals surface area contributed by atoms with E-state index in [2.05, 4.69) is 6.92 Å². The second-order valence-electron chi connectivity index (χ2n) is 5.31. The van der Waals surface area contributed by atoms with Crippen molar-refractivity contribution in [2.75, 3.05) is 13.1 Å². The summed E-state index contributed by atoms with van der Waals surface area (Å²) in [6.07, 6.45) is 2.48. The molecule has 1 amide bonds. The molecule has 0 bridgehead atoms. The van der Waals surface area contributed by atoms with Gasteiger partial charge in [-0.2, -0.15) is 0 Å². The predicted octanol–water partition coefficient (Wildman–Crippen LogP) is 1.95. The van der Waals surface area contributed by atoms with Gasteiger partial charge in [0.05, 0.1) is 6.42 Å². The molecule has 2 N–H and O–H groups in total. The van der Waals surface area contributed by atoms with Crippen LogP contribution in [0.3, 0.4) is 0 Å². The molecule has 1 heterocycles. The third kappa shape index (κ3) is 3.32. The quantitative estimate of drug-likeness (QED) is 0.907. The molecule has 1 aliphatic rings. The molecule has 2 atom stereocenters. The average molecular weight is 264 g/mol. The SMILES string of the molecule is CC1CCCN(C(=O)Cc2ccc(F)cc2)C1CN. The normalized spacial score (nSPS) is 23.4. The summed E-state index contributed by atoms with van der Waals surface area (Å²) in [7, 11) is 0. The van der Waals surface area contributed by atoms with E-state index in [0.29, 0.717) is 18.9 Å². The minimum Gasteiger partial charge on any atom is -0.338 e. The number of nitrogens with zero attached hydrogens (tertiary/aromatic N) is 1. The van der Waals surface area contributed by atoms with E-state index in [-0.39, 0.29) is 17.8 Å². The standard InChI is InChI=1S/C15H21FN2O/c1-11-3-2-8-18(14(11)10-17)15(19)9-12-4-6-13(16)7-5-12/h4-7,11,14H,2-3,8-10,17H2,1H3. The molecule has 2 unspecified atom stereocenters. The van der Waals surface area contributed by atoms with E-state index >= 15 is 0 Å². The van der Waals surface area contributed by atoms with Gasteiger partial charge in [0.25, 0.3) is 0 Å². The first kappa shape index (κ1) is 14.0. The van der Waals surface area contributed by atoms with Crippen molar-refractivity contribution < 1.29 is 9.18 Å². The lowest BCUT2D eigenvalue weighted by molar-refractivity contribution is -0.135. The highest BCUT2D eigenvalue weighted by molar-refractivity contribution is 5.79. The van der Waals surface area contributed by atoms with Crippen molar-refractivity contribution in [2.24, 2.45) is 11.7 Å². The first-order chi connectivity index (χ1) is 9.11. The summed E-state index contributed by atoms with van der Waals surface area (Å²) in [5.41, 5.74) is 6.64. The Morgan fingerprint density at radius 2 is 2.11 bits per heavy atom. The molecule has 1 aromatic carbocycles. The number of amides is 1. The number of hydrogen-bond donors (Lipinski definition) is 1. The van der Waals surface area contributed by atoms with Gasteiger partial charge < -0.3 is 10.6 Å². The Balaban J connectivity index is 2.04. The number of nitrogens with two attached hydrogens (primary N) is 1. The Morgan fingerprint density at radius 3 is 2.74 bits per heavy atom. The second kappa shape index (κ2) is 6.15. The largest absolute Gasteiger partial charge is 0.338 e. The molecule has 0 aliphatic carbocycles. The minimum atomic E-state index is -0.275. The molecule has 0 spiro atoms. The van der Waals surface area contributed by atoms with Gasteiger partial charge in [-0.05, 0) is 36.5 Å². The molecule has 1 fully saturated rings. The van der Waals surface area contributed by atoms with Crippen LogP contribution >= 0.6 is 0 Å². The van der Waals surface area contributed by atoms with Crippen molar-refractivity contribution >= 4 is 5.91 Å². The van der Waals surface area contributed by atoms with Gasteiger partial charge in [-0.15, -0.1) is 0 Å². The number of piperidine rings is 1. The van der Waals surface area contributed by atoms with E-state index < -0.39 is 0 Å². The van der Waals surface area contributed by atoms with Crippen LogP contribution in [0.2, 0.25) is 0 Å². The Labute approximate surface area is 113 Å². The summed E-state index contributed by atoms with van der Waals surface area (Å²) in [5.74, 6) is 0.271. The smallest absolute Gasteiger partial charge is 0.227 e. The molecule has 104 valence electrons. The maximum absolute atomic E-state index is 12.8. The Hall–Kier alpha value is -1.42. The first-order valence-electron chi connectivity index (χ1n) is 6.86. The van der Waals surface area contributed by atoms with Crippen molar-refractivity contribution in [3.8, 4) is 0 Å². The van der Waals surface area contributed by atoms with E-state index in [4.69, 9.17) is 5.73 Å². The fraction of sp³-hybridized carbons (Fsp3) is 0.533. The number of benzene rings is 1. The lowest BCUT2D eigenvalue weighted by Crippen LogP contribution is -2.51. The summed E-state index contributed by atoms with van der Waals surface area (Å²) in [6.45, 7) is 3.44. The van der Waals surface area contributed by atoms with E-state index in [1.54, 1.807) is 12.1 Å². The van der Waals surface area contributed by atoms with Gasteiger partial charge in [0.1, 0.15) is 5.82 Å². The molecule has 0 radical (unpaired) electrons. The molecule has 1 saturated heterocycles. The van der Waals surface area contributed by atoms with Crippen LogP contribution in [-0.4, -0.2) is 29.9 Å². The highest BCUT2D eigenvalue weighted by atomic mass is 19.1. The Kier molecular flexibility index (Phi) is 4.53. The summed E-state index contributed by atoms with van der Waals surface area (Å²) < 4.78 is 12.8. The second-order valence-corrected chi connectivity index (χ2v) is 5.31. The molecule has 1 aromatic rings. The summed E-state index contributed by atoms with van der Waals surface area (Å²) >= 11 is 0. The Bertz CT molecular complexity index is 432. The zero-order valence-corrected chi connectivity index (χ0v) is 11.3. The van der Waals surface area contributed by atoms with Crippen molar-refractivity contribution in [2.45, 2.75) is 32.2 Å². The zero-order chi connectivity index (χ0) is 13.8. The molecule has 1 aliphatic heterocycles. The molecular weight excluding hydrogens is 243 g/mol. The molecule has 19 heavy (non-hydrogen) atoms. The molecule has 3 nitrogen and oxygen atoms in total. The molecule has 2 rings (SSSR count). The third-order valence-electron chi connectivity index (χ3n) is 3.95. The van der Waals surface area contributed by atoms with Crippen LogP contribution in [0.4, 0.5) is 4.39 Å². The van der Waals surface area contributed by atoms with Gasteiger partial charge in [0.15, 0.2) is 0 Å². The first-order valence-corrected chi connectivity index (χ1v) is 6.86. The fourth-order valence-electron chi connectivity index (χ4n) is 2.80. The van der Waals surface area contributed by atoms with Crippen molar-refractivity contribution in [1.29, 1.82) is 0 Å². The van der Waals surface area contributed by atoms with Crippen molar-refractivity contribution in [3.05, 3.63) is 35.6 Å². The van der Waals surface area contributed by atoms with E-state index in [0.717, 1.165) is 24.9 Å². The minimum absolute atomic E-state index is 0.0913. The number of likely N-dealkylation sites (tertiary alicyclic amines) is 1. The molecule has 0 aromatic heterocycles. The highest BCUT2D eigenvalue weighted by Crippen LogP contribution is 2.23. The van der Waals surface area contributed by atoms with Crippen molar-refractivity contribution in [1.82, 2.24) is 4.90 Å². The van der Waals surface area contributed by atoms with E-state index in [9.17, 15) is 9.18 Å². The number of rotatable bonds is 3. The fourth-order valence-corrected chi connectivity index (χ4v) is 2.80.